The van der Waals surface area contributed by atoms with Crippen LogP contribution in [0.4, 0.5) is 0 Å². The zero-order valence-electron chi connectivity index (χ0n) is 19.5. The molecule has 0 aliphatic carbocycles. The van der Waals surface area contributed by atoms with E-state index in [9.17, 15) is 14.4 Å². The molecule has 0 fully saturated rings. The average molecular weight is 469 g/mol. The van der Waals surface area contributed by atoms with Crippen LogP contribution in [0.2, 0.25) is 0 Å². The van der Waals surface area contributed by atoms with Crippen LogP contribution >= 0.6 is 0 Å². The number of rotatable bonds is 8. The topological polar surface area (TPSA) is 78.9 Å². The predicted molar refractivity (Wildman–Crippen MR) is 134 cm³/mol. The van der Waals surface area contributed by atoms with E-state index in [1.807, 2.05) is 12.1 Å². The van der Waals surface area contributed by atoms with Crippen LogP contribution in [0.3, 0.4) is 0 Å². The summed E-state index contributed by atoms with van der Waals surface area (Å²) in [6, 6.07) is 19.2. The van der Waals surface area contributed by atoms with Gasteiger partial charge in [0.05, 0.1) is 0 Å². The van der Waals surface area contributed by atoms with Crippen molar-refractivity contribution in [3.8, 4) is 39.5 Å². The van der Waals surface area contributed by atoms with E-state index in [2.05, 4.69) is 19.7 Å². The summed E-state index contributed by atoms with van der Waals surface area (Å²) < 4.78 is 16.0. The van der Waals surface area contributed by atoms with E-state index in [4.69, 9.17) is 14.2 Å². The summed E-state index contributed by atoms with van der Waals surface area (Å²) in [7, 11) is 0. The molecule has 35 heavy (non-hydrogen) atoms. The van der Waals surface area contributed by atoms with E-state index in [-0.39, 0.29) is 5.57 Å². The first-order chi connectivity index (χ1) is 16.7. The lowest BCUT2D eigenvalue weighted by Gasteiger charge is -2.13. The van der Waals surface area contributed by atoms with Crippen molar-refractivity contribution in [1.82, 2.24) is 0 Å². The number of carbonyl (C=O) groups excluding carboxylic acids is 3. The third-order valence-corrected chi connectivity index (χ3v) is 4.83. The molecule has 0 aliphatic heterocycles. The van der Waals surface area contributed by atoms with E-state index < -0.39 is 17.9 Å². The fraction of sp³-hybridized carbons (Fsp3) is 0.0690. The van der Waals surface area contributed by atoms with E-state index in [0.717, 1.165) is 22.8 Å². The van der Waals surface area contributed by atoms with Gasteiger partial charge in [-0.05, 0) is 60.9 Å². The normalized spacial score (nSPS) is 10.1. The molecule has 0 heterocycles. The Hall–Kier alpha value is -4.71. The Morgan fingerprint density at radius 3 is 1.69 bits per heavy atom. The molecule has 0 N–H and O–H groups in total. The molecular formula is C29H24O6. The maximum absolute atomic E-state index is 12.3. The molecule has 3 aromatic rings. The van der Waals surface area contributed by atoms with Crippen molar-refractivity contribution in [2.45, 2.75) is 13.8 Å². The highest BCUT2D eigenvalue weighted by molar-refractivity contribution is 5.91. The molecule has 6 heteroatoms. The van der Waals surface area contributed by atoms with Gasteiger partial charge >= 0.3 is 17.9 Å². The van der Waals surface area contributed by atoms with Crippen LogP contribution < -0.4 is 14.2 Å². The van der Waals surface area contributed by atoms with Gasteiger partial charge < -0.3 is 14.2 Å². The molecule has 0 saturated carbocycles. The second-order valence-corrected chi connectivity index (χ2v) is 7.72. The molecule has 0 saturated heterocycles. The van der Waals surface area contributed by atoms with Gasteiger partial charge in [0.1, 0.15) is 17.2 Å². The van der Waals surface area contributed by atoms with Gasteiger partial charge in [0, 0.05) is 22.8 Å². The number of hydrogen-bond donors (Lipinski definition) is 0. The Morgan fingerprint density at radius 1 is 0.657 bits per heavy atom. The van der Waals surface area contributed by atoms with Crippen LogP contribution in [0.5, 0.6) is 17.2 Å². The SMILES string of the molecule is C=CC(=O)Oc1ccc(-c2ccc(-c3ccc(OC(=O)C(=C)C)cc3)cc2OC(=O)C(=C)C)cc1. The molecule has 3 aromatic carbocycles. The van der Waals surface area contributed by atoms with Gasteiger partial charge in [-0.25, -0.2) is 14.4 Å². The lowest BCUT2D eigenvalue weighted by Crippen LogP contribution is -2.09. The second-order valence-electron chi connectivity index (χ2n) is 7.72. The Balaban J connectivity index is 1.94. The van der Waals surface area contributed by atoms with Crippen LogP contribution in [-0.2, 0) is 14.4 Å². The zero-order valence-corrected chi connectivity index (χ0v) is 19.5. The highest BCUT2D eigenvalue weighted by atomic mass is 16.5. The molecular weight excluding hydrogens is 444 g/mol. The molecule has 0 amide bonds. The Bertz CT molecular complexity index is 1310. The first kappa shape index (κ1) is 24.9. The molecule has 0 bridgehead atoms. The summed E-state index contributed by atoms with van der Waals surface area (Å²) in [6.45, 7) is 13.7. The van der Waals surface area contributed by atoms with Crippen LogP contribution in [0.15, 0.2) is 104 Å². The molecule has 0 aromatic heterocycles. The first-order valence-electron chi connectivity index (χ1n) is 10.6. The molecule has 0 spiro atoms. The van der Waals surface area contributed by atoms with Gasteiger partial charge in [-0.3, -0.25) is 0 Å². The molecule has 0 radical (unpaired) electrons. The van der Waals surface area contributed by atoms with Crippen molar-refractivity contribution in [2.75, 3.05) is 0 Å². The summed E-state index contributed by atoms with van der Waals surface area (Å²) in [4.78, 5) is 35.5. The van der Waals surface area contributed by atoms with E-state index in [1.54, 1.807) is 68.4 Å². The third-order valence-electron chi connectivity index (χ3n) is 4.83. The van der Waals surface area contributed by atoms with Crippen molar-refractivity contribution >= 4 is 17.9 Å². The van der Waals surface area contributed by atoms with Crippen molar-refractivity contribution in [3.63, 3.8) is 0 Å². The number of benzene rings is 3. The lowest BCUT2D eigenvalue weighted by atomic mass is 9.99. The largest absolute Gasteiger partial charge is 0.423 e. The summed E-state index contributed by atoms with van der Waals surface area (Å²) in [5, 5.41) is 0. The molecule has 6 nitrogen and oxygen atoms in total. The summed E-state index contributed by atoms with van der Waals surface area (Å²) in [6.07, 6.45) is 1.08. The van der Waals surface area contributed by atoms with Gasteiger partial charge in [0.25, 0.3) is 0 Å². The summed E-state index contributed by atoms with van der Waals surface area (Å²) >= 11 is 0. The van der Waals surface area contributed by atoms with E-state index in [1.165, 1.54) is 0 Å². The van der Waals surface area contributed by atoms with Gasteiger partial charge in [-0.15, -0.1) is 0 Å². The van der Waals surface area contributed by atoms with Crippen molar-refractivity contribution < 1.29 is 28.6 Å². The average Bonchev–Trinajstić information content (AvgIpc) is 2.84. The quantitative estimate of drug-likeness (QED) is 0.227. The fourth-order valence-corrected chi connectivity index (χ4v) is 2.98. The molecule has 0 atom stereocenters. The molecule has 176 valence electrons. The minimum atomic E-state index is -0.557. The Morgan fingerprint density at radius 2 is 1.14 bits per heavy atom. The fourth-order valence-electron chi connectivity index (χ4n) is 2.98. The minimum absolute atomic E-state index is 0.261. The third kappa shape index (κ3) is 6.42. The smallest absolute Gasteiger partial charge is 0.338 e. The highest BCUT2D eigenvalue weighted by Crippen LogP contribution is 2.36. The van der Waals surface area contributed by atoms with Gasteiger partial charge in [-0.2, -0.15) is 0 Å². The molecule has 0 aliphatic rings. The van der Waals surface area contributed by atoms with E-state index >= 15 is 0 Å². The Labute approximate surface area is 203 Å². The first-order valence-corrected chi connectivity index (χ1v) is 10.6. The minimum Gasteiger partial charge on any atom is -0.423 e. The zero-order chi connectivity index (χ0) is 25.5. The number of hydrogen-bond acceptors (Lipinski definition) is 6. The van der Waals surface area contributed by atoms with Crippen LogP contribution in [0.25, 0.3) is 22.3 Å². The van der Waals surface area contributed by atoms with Crippen LogP contribution in [0.1, 0.15) is 13.8 Å². The van der Waals surface area contributed by atoms with Gasteiger partial charge in [0.2, 0.25) is 0 Å². The van der Waals surface area contributed by atoms with Crippen molar-refractivity contribution in [2.24, 2.45) is 0 Å². The standard InChI is InChI=1S/C29H24O6/c1-6-27(30)33-23-14-9-21(10-15-23)25-16-11-22(17-26(25)35-29(32)19(4)5)20-7-12-24(13-8-20)34-28(31)18(2)3/h6-17H,1-2,4H2,3,5H3. The maximum Gasteiger partial charge on any atom is 0.338 e. The van der Waals surface area contributed by atoms with Crippen molar-refractivity contribution in [1.29, 1.82) is 0 Å². The van der Waals surface area contributed by atoms with Gasteiger partial charge in [0.15, 0.2) is 0 Å². The van der Waals surface area contributed by atoms with Crippen LogP contribution in [-0.4, -0.2) is 17.9 Å². The maximum atomic E-state index is 12.3. The Kier molecular flexibility index (Phi) is 7.79. The van der Waals surface area contributed by atoms with Crippen molar-refractivity contribution in [3.05, 3.63) is 104 Å². The van der Waals surface area contributed by atoms with Crippen LogP contribution in [0, 0.1) is 0 Å². The van der Waals surface area contributed by atoms with Gasteiger partial charge in [-0.1, -0.05) is 56.1 Å². The highest BCUT2D eigenvalue weighted by Gasteiger charge is 2.14. The summed E-state index contributed by atoms with van der Waals surface area (Å²) in [5.74, 6) is -0.515. The summed E-state index contributed by atoms with van der Waals surface area (Å²) in [5.41, 5.74) is 3.59. The lowest BCUT2D eigenvalue weighted by molar-refractivity contribution is -0.130. The monoisotopic (exact) mass is 468 g/mol. The van der Waals surface area contributed by atoms with E-state index in [0.29, 0.717) is 28.4 Å². The number of esters is 3. The molecule has 0 unspecified atom stereocenters. The molecule has 3 rings (SSSR count). The predicted octanol–water partition coefficient (Wildman–Crippen LogP) is 6.08. The second kappa shape index (κ2) is 10.9. The number of ether oxygens (including phenoxy) is 3. The number of carbonyl (C=O) groups is 3.